The van der Waals surface area contributed by atoms with Crippen LogP contribution < -0.4 is 10.1 Å². The number of hydrogen-bond acceptors (Lipinski definition) is 3. The van der Waals surface area contributed by atoms with E-state index in [-0.39, 0.29) is 24.6 Å². The maximum absolute atomic E-state index is 12.1. The molecule has 1 rings (SSSR count). The molecule has 0 aliphatic rings. The average Bonchev–Trinajstić information content (AvgIpc) is 2.48. The number of benzene rings is 1. The third-order valence-corrected chi connectivity index (χ3v) is 3.32. The summed E-state index contributed by atoms with van der Waals surface area (Å²) in [6.07, 6.45) is -4.07. The van der Waals surface area contributed by atoms with Gasteiger partial charge >= 0.3 is 12.1 Å². The van der Waals surface area contributed by atoms with E-state index in [1.54, 1.807) is 6.07 Å². The predicted octanol–water partition coefficient (Wildman–Crippen LogP) is 3.03. The van der Waals surface area contributed by atoms with Gasteiger partial charge in [0.05, 0.1) is 12.3 Å². The zero-order valence-corrected chi connectivity index (χ0v) is 14.1. The van der Waals surface area contributed by atoms with Crippen molar-refractivity contribution in [2.24, 2.45) is 11.8 Å². The van der Waals surface area contributed by atoms with E-state index in [4.69, 9.17) is 5.11 Å². The predicted molar refractivity (Wildman–Crippen MR) is 85.3 cm³/mol. The molecule has 1 unspecified atom stereocenters. The second kappa shape index (κ2) is 9.29. The summed E-state index contributed by atoms with van der Waals surface area (Å²) in [6, 6.07) is 5.81. The van der Waals surface area contributed by atoms with Gasteiger partial charge < -0.3 is 15.2 Å². The lowest BCUT2D eigenvalue weighted by atomic mass is 9.97. The molecule has 1 atom stereocenters. The summed E-state index contributed by atoms with van der Waals surface area (Å²) in [6.45, 7) is 2.39. The van der Waals surface area contributed by atoms with Crippen molar-refractivity contribution in [3.63, 3.8) is 0 Å². The molecule has 0 fully saturated rings. The second-order valence-corrected chi connectivity index (χ2v) is 6.20. The normalized spacial score (nSPS) is 12.7. The van der Waals surface area contributed by atoms with Crippen LogP contribution in [0.15, 0.2) is 24.3 Å². The first kappa shape index (κ1) is 20.8. The van der Waals surface area contributed by atoms with Crippen LogP contribution in [0.1, 0.15) is 25.8 Å². The number of carboxylic acids is 1. The van der Waals surface area contributed by atoms with Gasteiger partial charge in [-0.3, -0.25) is 9.59 Å². The van der Waals surface area contributed by atoms with Gasteiger partial charge in [-0.1, -0.05) is 26.0 Å². The van der Waals surface area contributed by atoms with Crippen molar-refractivity contribution in [1.29, 1.82) is 0 Å². The summed E-state index contributed by atoms with van der Waals surface area (Å²) >= 11 is 0. The number of carbonyl (C=O) groups excluding carboxylic acids is 1. The molecule has 0 heterocycles. The lowest BCUT2D eigenvalue weighted by Crippen LogP contribution is -2.34. The highest BCUT2D eigenvalue weighted by atomic mass is 19.4. The minimum atomic E-state index is -4.43. The fourth-order valence-corrected chi connectivity index (χ4v) is 2.24. The van der Waals surface area contributed by atoms with Crippen LogP contribution in [0.25, 0.3) is 0 Å². The first-order chi connectivity index (χ1) is 11.6. The van der Waals surface area contributed by atoms with Gasteiger partial charge in [0.15, 0.2) is 6.61 Å². The first-order valence-electron chi connectivity index (χ1n) is 7.85. The zero-order chi connectivity index (χ0) is 19.0. The van der Waals surface area contributed by atoms with Crippen LogP contribution >= 0.6 is 0 Å². The van der Waals surface area contributed by atoms with E-state index in [1.807, 2.05) is 13.8 Å². The van der Waals surface area contributed by atoms with E-state index in [0.717, 1.165) is 0 Å². The summed E-state index contributed by atoms with van der Waals surface area (Å²) in [5.74, 6) is -1.85. The Morgan fingerprint density at radius 1 is 1.28 bits per heavy atom. The van der Waals surface area contributed by atoms with Crippen molar-refractivity contribution >= 4 is 11.9 Å². The third-order valence-electron chi connectivity index (χ3n) is 3.32. The van der Waals surface area contributed by atoms with Crippen LogP contribution in [-0.4, -0.2) is 36.3 Å². The topological polar surface area (TPSA) is 75.6 Å². The highest BCUT2D eigenvalue weighted by Crippen LogP contribution is 2.19. The summed E-state index contributed by atoms with van der Waals surface area (Å²) in [4.78, 5) is 23.1. The van der Waals surface area contributed by atoms with Crippen molar-refractivity contribution in [1.82, 2.24) is 5.32 Å². The molecule has 25 heavy (non-hydrogen) atoms. The SMILES string of the molecule is CC(C)CC(CNC(=O)Cc1cccc(OCC(F)(F)F)c1)C(=O)O. The second-order valence-electron chi connectivity index (χ2n) is 6.20. The smallest absolute Gasteiger partial charge is 0.422 e. The number of rotatable bonds is 9. The molecule has 5 nitrogen and oxygen atoms in total. The highest BCUT2D eigenvalue weighted by molar-refractivity contribution is 5.79. The zero-order valence-electron chi connectivity index (χ0n) is 14.1. The maximum atomic E-state index is 12.1. The number of halogens is 3. The maximum Gasteiger partial charge on any atom is 0.422 e. The fourth-order valence-electron chi connectivity index (χ4n) is 2.24. The molecular weight excluding hydrogens is 339 g/mol. The number of amides is 1. The summed E-state index contributed by atoms with van der Waals surface area (Å²) < 4.78 is 41.1. The molecule has 0 saturated carbocycles. The minimum absolute atomic E-state index is 0.0105. The van der Waals surface area contributed by atoms with Crippen LogP contribution in [0.5, 0.6) is 5.75 Å². The Balaban J connectivity index is 2.55. The lowest BCUT2D eigenvalue weighted by molar-refractivity contribution is -0.153. The molecule has 0 aliphatic carbocycles. The Morgan fingerprint density at radius 3 is 2.52 bits per heavy atom. The van der Waals surface area contributed by atoms with Gasteiger partial charge in [-0.15, -0.1) is 0 Å². The Labute approximate surface area is 144 Å². The van der Waals surface area contributed by atoms with Crippen LogP contribution in [0.2, 0.25) is 0 Å². The monoisotopic (exact) mass is 361 g/mol. The average molecular weight is 361 g/mol. The number of carboxylic acid groups (broad SMARTS) is 1. The molecular formula is C17H22F3NO4. The quantitative estimate of drug-likeness (QED) is 0.709. The molecule has 1 aromatic carbocycles. The molecule has 0 saturated heterocycles. The highest BCUT2D eigenvalue weighted by Gasteiger charge is 2.28. The van der Waals surface area contributed by atoms with E-state index in [1.165, 1.54) is 18.2 Å². The molecule has 0 spiro atoms. The number of ether oxygens (including phenoxy) is 1. The molecule has 0 aromatic heterocycles. The molecule has 2 N–H and O–H groups in total. The van der Waals surface area contributed by atoms with Crippen molar-refractivity contribution in [3.05, 3.63) is 29.8 Å². The molecule has 0 bridgehead atoms. The molecule has 8 heteroatoms. The van der Waals surface area contributed by atoms with Crippen molar-refractivity contribution in [3.8, 4) is 5.75 Å². The van der Waals surface area contributed by atoms with E-state index in [9.17, 15) is 22.8 Å². The third kappa shape index (κ3) is 8.97. The minimum Gasteiger partial charge on any atom is -0.484 e. The molecule has 0 radical (unpaired) electrons. The number of aliphatic carboxylic acids is 1. The van der Waals surface area contributed by atoms with E-state index in [2.05, 4.69) is 10.1 Å². The van der Waals surface area contributed by atoms with Gasteiger partial charge in [-0.05, 0) is 30.0 Å². The standard InChI is InChI=1S/C17H22F3NO4/c1-11(2)6-13(16(23)24)9-21-15(22)8-12-4-3-5-14(7-12)25-10-17(18,19)20/h3-5,7,11,13H,6,8-10H2,1-2H3,(H,21,22)(H,23,24). The first-order valence-corrected chi connectivity index (χ1v) is 7.85. The number of nitrogens with one attached hydrogen (secondary N) is 1. The number of alkyl halides is 3. The molecule has 140 valence electrons. The Bertz CT molecular complexity index is 588. The number of carbonyl (C=O) groups is 2. The van der Waals surface area contributed by atoms with Crippen LogP contribution in [-0.2, 0) is 16.0 Å². The molecule has 0 aliphatic heterocycles. The number of hydrogen-bond donors (Lipinski definition) is 2. The van der Waals surface area contributed by atoms with Gasteiger partial charge in [0.2, 0.25) is 5.91 Å². The Morgan fingerprint density at radius 2 is 1.96 bits per heavy atom. The summed E-state index contributed by atoms with van der Waals surface area (Å²) in [7, 11) is 0. The van der Waals surface area contributed by atoms with E-state index in [0.29, 0.717) is 12.0 Å². The molecule has 1 amide bonds. The van der Waals surface area contributed by atoms with E-state index < -0.39 is 30.6 Å². The van der Waals surface area contributed by atoms with E-state index >= 15 is 0 Å². The van der Waals surface area contributed by atoms with Crippen molar-refractivity contribution in [2.75, 3.05) is 13.2 Å². The van der Waals surface area contributed by atoms with Crippen molar-refractivity contribution < 1.29 is 32.6 Å². The summed E-state index contributed by atoms with van der Waals surface area (Å²) in [5, 5.41) is 11.7. The van der Waals surface area contributed by atoms with Crippen LogP contribution in [0, 0.1) is 11.8 Å². The summed E-state index contributed by atoms with van der Waals surface area (Å²) in [5.41, 5.74) is 0.480. The van der Waals surface area contributed by atoms with Crippen LogP contribution in [0.4, 0.5) is 13.2 Å². The van der Waals surface area contributed by atoms with Gasteiger partial charge in [0.25, 0.3) is 0 Å². The van der Waals surface area contributed by atoms with Gasteiger partial charge in [0.1, 0.15) is 5.75 Å². The van der Waals surface area contributed by atoms with Gasteiger partial charge in [-0.2, -0.15) is 13.2 Å². The van der Waals surface area contributed by atoms with Crippen molar-refractivity contribution in [2.45, 2.75) is 32.9 Å². The Hall–Kier alpha value is -2.25. The van der Waals surface area contributed by atoms with Gasteiger partial charge in [-0.25, -0.2) is 0 Å². The van der Waals surface area contributed by atoms with Crippen LogP contribution in [0.3, 0.4) is 0 Å². The largest absolute Gasteiger partial charge is 0.484 e. The fraction of sp³-hybridized carbons (Fsp3) is 0.529. The lowest BCUT2D eigenvalue weighted by Gasteiger charge is -2.15. The van der Waals surface area contributed by atoms with Gasteiger partial charge in [0, 0.05) is 6.54 Å². The molecule has 1 aromatic rings. The Kier molecular flexibility index (Phi) is 7.73.